The van der Waals surface area contributed by atoms with Gasteiger partial charge in [-0.05, 0) is 18.4 Å². The van der Waals surface area contributed by atoms with Gasteiger partial charge in [-0.25, -0.2) is 0 Å². The molecule has 0 fully saturated rings. The summed E-state index contributed by atoms with van der Waals surface area (Å²) in [5, 5.41) is 0. The number of carbonyl (C=O) groups excluding carboxylic acids is 1. The number of hydrogen-bond acceptors (Lipinski definition) is 2. The lowest BCUT2D eigenvalue weighted by molar-refractivity contribution is -0.108. The molecule has 2 nitrogen and oxygen atoms in total. The van der Waals surface area contributed by atoms with Crippen molar-refractivity contribution in [2.24, 2.45) is 5.73 Å². The van der Waals surface area contributed by atoms with Gasteiger partial charge in [-0.3, -0.25) is 0 Å². The first-order valence-electron chi connectivity index (χ1n) is 3.41. The van der Waals surface area contributed by atoms with Crippen molar-refractivity contribution in [3.63, 3.8) is 0 Å². The van der Waals surface area contributed by atoms with Crippen LogP contribution in [-0.2, 0) is 4.79 Å². The van der Waals surface area contributed by atoms with E-state index in [9.17, 15) is 4.79 Å². The molecule has 2 heteroatoms. The molecule has 0 amide bonds. The minimum atomic E-state index is -0.384. The zero-order valence-corrected chi connectivity index (χ0v) is 5.79. The molecule has 0 saturated carbocycles. The summed E-state index contributed by atoms with van der Waals surface area (Å²) in [7, 11) is 0. The van der Waals surface area contributed by atoms with E-state index in [0.29, 0.717) is 0 Å². The Morgan fingerprint density at radius 1 is 1.70 bits per heavy atom. The molecule has 0 radical (unpaired) electrons. The van der Waals surface area contributed by atoms with Crippen LogP contribution in [0.25, 0.3) is 0 Å². The van der Waals surface area contributed by atoms with E-state index in [0.717, 1.165) is 24.7 Å². The lowest BCUT2D eigenvalue weighted by Crippen LogP contribution is -2.24. The third-order valence-electron chi connectivity index (χ3n) is 1.62. The van der Waals surface area contributed by atoms with E-state index in [4.69, 9.17) is 5.73 Å². The normalized spacial score (nSPS) is 19.9. The van der Waals surface area contributed by atoms with Crippen LogP contribution in [-0.4, -0.2) is 12.3 Å². The summed E-state index contributed by atoms with van der Waals surface area (Å²) in [5.41, 5.74) is 6.52. The Morgan fingerprint density at radius 3 is 3.00 bits per heavy atom. The number of hydrogen-bond donors (Lipinski definition) is 1. The van der Waals surface area contributed by atoms with E-state index < -0.39 is 0 Å². The highest BCUT2D eigenvalue weighted by Crippen LogP contribution is 2.12. The number of rotatable bonds is 2. The van der Waals surface area contributed by atoms with E-state index >= 15 is 0 Å². The summed E-state index contributed by atoms with van der Waals surface area (Å²) in [6.07, 6.45) is 8.65. The summed E-state index contributed by atoms with van der Waals surface area (Å²) in [6.45, 7) is 0. The highest BCUT2D eigenvalue weighted by atomic mass is 16.1. The topological polar surface area (TPSA) is 43.1 Å². The average Bonchev–Trinajstić information content (AvgIpc) is 2.05. The molecule has 1 aliphatic carbocycles. The van der Waals surface area contributed by atoms with Gasteiger partial charge in [0.1, 0.15) is 6.29 Å². The second-order valence-electron chi connectivity index (χ2n) is 2.37. The SMILES string of the molecule is NC(C=O)C1=CC=CCC1. The van der Waals surface area contributed by atoms with E-state index in [-0.39, 0.29) is 6.04 Å². The zero-order chi connectivity index (χ0) is 7.40. The Kier molecular flexibility index (Phi) is 2.40. The summed E-state index contributed by atoms with van der Waals surface area (Å²) >= 11 is 0. The molecular formula is C8H11NO. The summed E-state index contributed by atoms with van der Waals surface area (Å²) in [6, 6.07) is -0.384. The fraction of sp³-hybridized carbons (Fsp3) is 0.375. The molecule has 54 valence electrons. The van der Waals surface area contributed by atoms with Crippen LogP contribution in [0.5, 0.6) is 0 Å². The fourth-order valence-electron chi connectivity index (χ4n) is 0.986. The van der Waals surface area contributed by atoms with Crippen molar-refractivity contribution in [1.82, 2.24) is 0 Å². The van der Waals surface area contributed by atoms with Crippen LogP contribution in [0.3, 0.4) is 0 Å². The number of allylic oxidation sites excluding steroid dienone is 3. The lowest BCUT2D eigenvalue weighted by atomic mass is 10.00. The van der Waals surface area contributed by atoms with Crippen LogP contribution >= 0.6 is 0 Å². The first-order chi connectivity index (χ1) is 4.84. The summed E-state index contributed by atoms with van der Waals surface area (Å²) in [5.74, 6) is 0. The Morgan fingerprint density at radius 2 is 2.50 bits per heavy atom. The maximum absolute atomic E-state index is 10.2. The maximum Gasteiger partial charge on any atom is 0.140 e. The Hall–Kier alpha value is -0.890. The second kappa shape index (κ2) is 3.32. The van der Waals surface area contributed by atoms with Crippen molar-refractivity contribution in [3.05, 3.63) is 23.8 Å². The molecule has 1 aliphatic rings. The molecule has 0 aliphatic heterocycles. The molecule has 0 aromatic carbocycles. The van der Waals surface area contributed by atoms with E-state index in [1.165, 1.54) is 0 Å². The summed E-state index contributed by atoms with van der Waals surface area (Å²) < 4.78 is 0. The Balaban J connectivity index is 2.61. The minimum Gasteiger partial charge on any atom is -0.318 e. The van der Waals surface area contributed by atoms with Gasteiger partial charge >= 0.3 is 0 Å². The highest BCUT2D eigenvalue weighted by Gasteiger charge is 2.07. The summed E-state index contributed by atoms with van der Waals surface area (Å²) in [4.78, 5) is 10.2. The smallest absolute Gasteiger partial charge is 0.140 e. The molecule has 2 N–H and O–H groups in total. The van der Waals surface area contributed by atoms with Gasteiger partial charge in [0.2, 0.25) is 0 Å². The fourth-order valence-corrected chi connectivity index (χ4v) is 0.986. The quantitative estimate of drug-likeness (QED) is 0.572. The van der Waals surface area contributed by atoms with Crippen molar-refractivity contribution >= 4 is 6.29 Å². The minimum absolute atomic E-state index is 0.384. The zero-order valence-electron chi connectivity index (χ0n) is 5.79. The van der Waals surface area contributed by atoms with Gasteiger partial charge in [0, 0.05) is 0 Å². The Labute approximate surface area is 60.4 Å². The van der Waals surface area contributed by atoms with Crippen molar-refractivity contribution in [3.8, 4) is 0 Å². The molecule has 0 spiro atoms. The predicted molar refractivity (Wildman–Crippen MR) is 40.5 cm³/mol. The average molecular weight is 137 g/mol. The molecule has 0 bridgehead atoms. The second-order valence-corrected chi connectivity index (χ2v) is 2.37. The van der Waals surface area contributed by atoms with Crippen LogP contribution in [0.15, 0.2) is 23.8 Å². The van der Waals surface area contributed by atoms with Gasteiger partial charge in [-0.15, -0.1) is 0 Å². The van der Waals surface area contributed by atoms with Crippen LogP contribution in [0.2, 0.25) is 0 Å². The molecule has 1 unspecified atom stereocenters. The maximum atomic E-state index is 10.2. The largest absolute Gasteiger partial charge is 0.318 e. The molecule has 0 aromatic heterocycles. The first kappa shape index (κ1) is 7.22. The van der Waals surface area contributed by atoms with E-state index in [1.54, 1.807) is 0 Å². The van der Waals surface area contributed by atoms with Gasteiger partial charge < -0.3 is 10.5 Å². The van der Waals surface area contributed by atoms with Gasteiger partial charge in [0.25, 0.3) is 0 Å². The number of carbonyl (C=O) groups is 1. The predicted octanol–water partition coefficient (Wildman–Crippen LogP) is 0.789. The standard InChI is InChI=1S/C8H11NO/c9-8(6-10)7-4-2-1-3-5-7/h1-2,4,6,8H,3,5,9H2. The molecular weight excluding hydrogens is 126 g/mol. The van der Waals surface area contributed by atoms with Crippen LogP contribution in [0.1, 0.15) is 12.8 Å². The number of aldehydes is 1. The monoisotopic (exact) mass is 137 g/mol. The molecule has 1 atom stereocenters. The molecule has 10 heavy (non-hydrogen) atoms. The third kappa shape index (κ3) is 1.54. The highest BCUT2D eigenvalue weighted by molar-refractivity contribution is 5.63. The third-order valence-corrected chi connectivity index (χ3v) is 1.62. The van der Waals surface area contributed by atoms with Crippen LogP contribution in [0.4, 0.5) is 0 Å². The van der Waals surface area contributed by atoms with Crippen molar-refractivity contribution < 1.29 is 4.79 Å². The van der Waals surface area contributed by atoms with Gasteiger partial charge in [0.15, 0.2) is 0 Å². The molecule has 1 rings (SSSR count). The first-order valence-corrected chi connectivity index (χ1v) is 3.41. The van der Waals surface area contributed by atoms with Crippen LogP contribution in [0, 0.1) is 0 Å². The van der Waals surface area contributed by atoms with Crippen molar-refractivity contribution in [2.45, 2.75) is 18.9 Å². The molecule has 0 heterocycles. The van der Waals surface area contributed by atoms with Gasteiger partial charge in [0.05, 0.1) is 6.04 Å². The van der Waals surface area contributed by atoms with Crippen LogP contribution < -0.4 is 5.73 Å². The van der Waals surface area contributed by atoms with Crippen molar-refractivity contribution in [2.75, 3.05) is 0 Å². The van der Waals surface area contributed by atoms with Crippen molar-refractivity contribution in [1.29, 1.82) is 0 Å². The van der Waals surface area contributed by atoms with E-state index in [2.05, 4.69) is 6.08 Å². The molecule has 0 aromatic rings. The van der Waals surface area contributed by atoms with Gasteiger partial charge in [-0.1, -0.05) is 18.2 Å². The lowest BCUT2D eigenvalue weighted by Gasteiger charge is -2.10. The molecule has 0 saturated heterocycles. The van der Waals surface area contributed by atoms with E-state index in [1.807, 2.05) is 12.2 Å². The Bertz CT molecular complexity index is 182. The number of nitrogens with two attached hydrogens (primary N) is 1. The van der Waals surface area contributed by atoms with Gasteiger partial charge in [-0.2, -0.15) is 0 Å².